The zero-order chi connectivity index (χ0) is 14.0. The molecule has 22 heavy (non-hydrogen) atoms. The van der Waals surface area contributed by atoms with Gasteiger partial charge in [0.15, 0.2) is 0 Å². The minimum absolute atomic E-state index is 0. The third-order valence-corrected chi connectivity index (χ3v) is 4.00. The molecule has 0 amide bonds. The van der Waals surface area contributed by atoms with Crippen molar-refractivity contribution < 1.29 is 4.74 Å². The molecule has 2 aromatic rings. The van der Waals surface area contributed by atoms with E-state index in [4.69, 9.17) is 4.74 Å². The molecular weight excluding hydrogens is 319 g/mol. The Morgan fingerprint density at radius 1 is 1.09 bits per heavy atom. The van der Waals surface area contributed by atoms with Crippen LogP contribution in [0.4, 0.5) is 0 Å². The van der Waals surface area contributed by atoms with Gasteiger partial charge in [-0.1, -0.05) is 29.8 Å². The molecule has 0 unspecified atom stereocenters. The summed E-state index contributed by atoms with van der Waals surface area (Å²) in [6.07, 6.45) is 6.04. The molecule has 1 aliphatic rings. The van der Waals surface area contributed by atoms with Crippen LogP contribution in [0.3, 0.4) is 0 Å². The maximum Gasteiger partial charge on any atom is 0.138 e. The summed E-state index contributed by atoms with van der Waals surface area (Å²) >= 11 is 0. The Kier molecular flexibility index (Phi) is 6.66. The molecule has 1 aromatic carbocycles. The van der Waals surface area contributed by atoms with Crippen molar-refractivity contribution in [1.29, 1.82) is 0 Å². The number of nitrogens with zero attached hydrogens (tertiary/aromatic N) is 1. The van der Waals surface area contributed by atoms with Gasteiger partial charge in [0.05, 0.1) is 11.7 Å². The van der Waals surface area contributed by atoms with Crippen LogP contribution in [0.2, 0.25) is 0 Å². The van der Waals surface area contributed by atoms with Gasteiger partial charge in [0.1, 0.15) is 12.4 Å². The van der Waals surface area contributed by atoms with Crippen molar-refractivity contribution in [3.05, 3.63) is 48.3 Å². The summed E-state index contributed by atoms with van der Waals surface area (Å²) in [7, 11) is 2.00. The zero-order valence-corrected chi connectivity index (χ0v) is 14.5. The van der Waals surface area contributed by atoms with Crippen LogP contribution < -0.4 is 10.1 Å². The standard InChI is InChI=1S/C17H20N2O.2ClH/c1-13-3-5-14(6-4-13)15-9-16(11-19-10-15)20-12-17(18-2)7-8-17;;/h3-6,9-11,18H,7-8,12H2,1-2H3;2*1H. The predicted octanol–water partition coefficient (Wildman–Crippen LogP) is 4.03. The van der Waals surface area contributed by atoms with Crippen molar-refractivity contribution in [1.82, 2.24) is 10.3 Å². The minimum Gasteiger partial charge on any atom is -0.490 e. The van der Waals surface area contributed by atoms with Crippen LogP contribution in [-0.2, 0) is 0 Å². The third-order valence-electron chi connectivity index (χ3n) is 4.00. The number of aromatic nitrogens is 1. The second kappa shape index (κ2) is 7.82. The van der Waals surface area contributed by atoms with Crippen molar-refractivity contribution in [2.45, 2.75) is 25.3 Å². The molecule has 120 valence electrons. The van der Waals surface area contributed by atoms with Gasteiger partial charge in [-0.3, -0.25) is 4.98 Å². The SMILES string of the molecule is CNC1(COc2cncc(-c3ccc(C)cc3)c2)CC1.Cl.Cl. The van der Waals surface area contributed by atoms with E-state index >= 15 is 0 Å². The lowest BCUT2D eigenvalue weighted by Gasteiger charge is -2.15. The molecular formula is C17H22Cl2N2O. The lowest BCUT2D eigenvalue weighted by molar-refractivity contribution is 0.259. The second-order valence-corrected chi connectivity index (χ2v) is 5.59. The highest BCUT2D eigenvalue weighted by Gasteiger charge is 2.41. The van der Waals surface area contributed by atoms with Gasteiger partial charge in [0.2, 0.25) is 0 Å². The molecule has 0 radical (unpaired) electrons. The van der Waals surface area contributed by atoms with E-state index < -0.39 is 0 Å². The van der Waals surface area contributed by atoms with Crippen LogP contribution in [0, 0.1) is 6.92 Å². The van der Waals surface area contributed by atoms with E-state index in [1.165, 1.54) is 24.0 Å². The average Bonchev–Trinajstić information content (AvgIpc) is 3.27. The van der Waals surface area contributed by atoms with Gasteiger partial charge < -0.3 is 10.1 Å². The summed E-state index contributed by atoms with van der Waals surface area (Å²) in [4.78, 5) is 4.28. The lowest BCUT2D eigenvalue weighted by Crippen LogP contribution is -2.33. The monoisotopic (exact) mass is 340 g/mol. The number of rotatable bonds is 5. The van der Waals surface area contributed by atoms with Gasteiger partial charge in [0.25, 0.3) is 0 Å². The second-order valence-electron chi connectivity index (χ2n) is 5.59. The number of benzene rings is 1. The summed E-state index contributed by atoms with van der Waals surface area (Å²) in [5, 5.41) is 3.33. The van der Waals surface area contributed by atoms with Gasteiger partial charge in [-0.05, 0) is 38.4 Å². The lowest BCUT2D eigenvalue weighted by atomic mass is 10.1. The Balaban J connectivity index is 0.00000121. The van der Waals surface area contributed by atoms with Crippen LogP contribution in [-0.4, -0.2) is 24.2 Å². The summed E-state index contributed by atoms with van der Waals surface area (Å²) in [6, 6.07) is 10.5. The molecule has 3 rings (SSSR count). The highest BCUT2D eigenvalue weighted by molar-refractivity contribution is 5.85. The number of hydrogen-bond acceptors (Lipinski definition) is 3. The van der Waals surface area contributed by atoms with Crippen molar-refractivity contribution in [3.63, 3.8) is 0 Å². The Morgan fingerprint density at radius 2 is 1.77 bits per heavy atom. The average molecular weight is 341 g/mol. The van der Waals surface area contributed by atoms with E-state index in [1.54, 1.807) is 6.20 Å². The summed E-state index contributed by atoms with van der Waals surface area (Å²) in [5.74, 6) is 0.838. The molecule has 0 atom stereocenters. The van der Waals surface area contributed by atoms with Gasteiger partial charge in [-0.2, -0.15) is 0 Å². The Morgan fingerprint density at radius 3 is 2.36 bits per heavy atom. The van der Waals surface area contributed by atoms with Crippen molar-refractivity contribution in [2.75, 3.05) is 13.7 Å². The van der Waals surface area contributed by atoms with Crippen LogP contribution >= 0.6 is 24.8 Å². The first-order valence-electron chi connectivity index (χ1n) is 7.05. The van der Waals surface area contributed by atoms with Gasteiger partial charge in [-0.25, -0.2) is 0 Å². The first kappa shape index (κ1) is 18.8. The number of hydrogen-bond donors (Lipinski definition) is 1. The van der Waals surface area contributed by atoms with E-state index in [0.717, 1.165) is 11.3 Å². The van der Waals surface area contributed by atoms with Crippen molar-refractivity contribution >= 4 is 24.8 Å². The Labute approximate surface area is 144 Å². The first-order chi connectivity index (χ1) is 9.71. The van der Waals surface area contributed by atoms with Crippen LogP contribution in [0.25, 0.3) is 11.1 Å². The van der Waals surface area contributed by atoms with Crippen molar-refractivity contribution in [3.8, 4) is 16.9 Å². The molecule has 0 aliphatic heterocycles. The van der Waals surface area contributed by atoms with Gasteiger partial charge >= 0.3 is 0 Å². The summed E-state index contributed by atoms with van der Waals surface area (Å²) < 4.78 is 5.89. The van der Waals surface area contributed by atoms with Gasteiger partial charge in [0, 0.05) is 11.8 Å². The predicted molar refractivity (Wildman–Crippen MR) is 95.4 cm³/mol. The summed E-state index contributed by atoms with van der Waals surface area (Å²) in [6.45, 7) is 2.80. The molecule has 0 saturated heterocycles. The minimum atomic E-state index is 0. The van der Waals surface area contributed by atoms with Crippen LogP contribution in [0.5, 0.6) is 5.75 Å². The van der Waals surface area contributed by atoms with Gasteiger partial charge in [-0.15, -0.1) is 24.8 Å². The van der Waals surface area contributed by atoms with E-state index in [-0.39, 0.29) is 30.4 Å². The smallest absolute Gasteiger partial charge is 0.138 e. The fourth-order valence-electron chi connectivity index (χ4n) is 2.24. The molecule has 1 aliphatic carbocycles. The fourth-order valence-corrected chi connectivity index (χ4v) is 2.24. The molecule has 1 saturated carbocycles. The number of likely N-dealkylation sites (N-methyl/N-ethyl adjacent to an activating group) is 1. The number of pyridine rings is 1. The molecule has 1 aromatic heterocycles. The largest absolute Gasteiger partial charge is 0.490 e. The third kappa shape index (κ3) is 4.35. The maximum absolute atomic E-state index is 5.89. The maximum atomic E-state index is 5.89. The van der Waals surface area contributed by atoms with E-state index in [2.05, 4.69) is 47.6 Å². The molecule has 0 bridgehead atoms. The Bertz CT molecular complexity index is 598. The molecule has 0 spiro atoms. The number of nitrogens with one attached hydrogen (secondary N) is 1. The first-order valence-corrected chi connectivity index (χ1v) is 7.05. The molecule has 1 fully saturated rings. The van der Waals surface area contributed by atoms with E-state index in [0.29, 0.717) is 6.61 Å². The normalized spacial score (nSPS) is 14.5. The van der Waals surface area contributed by atoms with Crippen LogP contribution in [0.1, 0.15) is 18.4 Å². The summed E-state index contributed by atoms with van der Waals surface area (Å²) in [5.41, 5.74) is 3.72. The highest BCUT2D eigenvalue weighted by Crippen LogP contribution is 2.35. The number of aryl methyl sites for hydroxylation is 1. The van der Waals surface area contributed by atoms with E-state index in [9.17, 15) is 0 Å². The number of ether oxygens (including phenoxy) is 1. The molecule has 5 heteroatoms. The number of halogens is 2. The molecule has 3 nitrogen and oxygen atoms in total. The van der Waals surface area contributed by atoms with Crippen molar-refractivity contribution in [2.24, 2.45) is 0 Å². The molecule has 1 N–H and O–H groups in total. The fraction of sp³-hybridized carbons (Fsp3) is 0.353. The molecule has 1 heterocycles. The Hall–Kier alpha value is -1.29. The quantitative estimate of drug-likeness (QED) is 0.892. The zero-order valence-electron chi connectivity index (χ0n) is 12.8. The highest BCUT2D eigenvalue weighted by atomic mass is 35.5. The van der Waals surface area contributed by atoms with E-state index in [1.807, 2.05) is 13.2 Å². The topological polar surface area (TPSA) is 34.1 Å². The van der Waals surface area contributed by atoms with Crippen LogP contribution in [0.15, 0.2) is 42.7 Å².